The highest BCUT2D eigenvalue weighted by Crippen LogP contribution is 2.29. The molecular formula is C20H27N5O3S. The first kappa shape index (κ1) is 22.4. The fourth-order valence-electron chi connectivity index (χ4n) is 2.89. The van der Waals surface area contributed by atoms with E-state index in [4.69, 9.17) is 11.5 Å². The zero-order valence-electron chi connectivity index (χ0n) is 17.3. The van der Waals surface area contributed by atoms with Crippen LogP contribution in [0.2, 0.25) is 0 Å². The summed E-state index contributed by atoms with van der Waals surface area (Å²) in [6, 6.07) is 6.50. The third-order valence-electron chi connectivity index (χ3n) is 4.15. The number of nitrogens with two attached hydrogens (primary N) is 2. The fourth-order valence-corrected chi connectivity index (χ4v) is 3.64. The van der Waals surface area contributed by atoms with Crippen LogP contribution in [-0.2, 0) is 4.79 Å². The third kappa shape index (κ3) is 5.11. The Morgan fingerprint density at radius 2 is 1.93 bits per heavy atom. The van der Waals surface area contributed by atoms with Crippen molar-refractivity contribution >= 4 is 40.6 Å². The number of anilines is 2. The Morgan fingerprint density at radius 1 is 1.28 bits per heavy atom. The van der Waals surface area contributed by atoms with Crippen LogP contribution in [-0.4, -0.2) is 33.7 Å². The average Bonchev–Trinajstić information content (AvgIpc) is 2.99. The van der Waals surface area contributed by atoms with Crippen LogP contribution in [0.25, 0.3) is 0 Å². The van der Waals surface area contributed by atoms with Crippen LogP contribution < -0.4 is 21.7 Å². The monoisotopic (exact) mass is 417 g/mol. The van der Waals surface area contributed by atoms with Gasteiger partial charge in [-0.2, -0.15) is 4.37 Å². The maximum absolute atomic E-state index is 13.5. The van der Waals surface area contributed by atoms with E-state index >= 15 is 0 Å². The minimum atomic E-state index is -0.808. The molecule has 1 heterocycles. The molecule has 1 aromatic carbocycles. The summed E-state index contributed by atoms with van der Waals surface area (Å²) in [6.07, 6.45) is 0.378. The first-order valence-corrected chi connectivity index (χ1v) is 10.0. The van der Waals surface area contributed by atoms with E-state index in [0.29, 0.717) is 12.1 Å². The number of rotatable bonds is 6. The summed E-state index contributed by atoms with van der Waals surface area (Å²) in [6.45, 7) is 9.34. The quantitative estimate of drug-likeness (QED) is 0.664. The Bertz CT molecular complexity index is 932. The SMILES string of the molecule is CC[C@@H](C(=O)NC(C)(C)C)N(C(=O)c1snc(C(N)=O)c1N)c1cccc(C)c1. The molecule has 9 heteroatoms. The molecule has 1 aromatic heterocycles. The summed E-state index contributed by atoms with van der Waals surface area (Å²) in [4.78, 5) is 39.4. The topological polar surface area (TPSA) is 131 Å². The van der Waals surface area contributed by atoms with E-state index in [1.54, 1.807) is 6.07 Å². The van der Waals surface area contributed by atoms with Crippen LogP contribution in [0.3, 0.4) is 0 Å². The number of primary amides is 1. The summed E-state index contributed by atoms with van der Waals surface area (Å²) in [5, 5.41) is 2.93. The minimum Gasteiger partial charge on any atom is -0.395 e. The molecule has 0 spiro atoms. The second-order valence-electron chi connectivity index (χ2n) is 7.82. The van der Waals surface area contributed by atoms with E-state index in [2.05, 4.69) is 9.69 Å². The molecule has 0 bridgehead atoms. The van der Waals surface area contributed by atoms with Crippen molar-refractivity contribution in [3.8, 4) is 0 Å². The molecule has 156 valence electrons. The van der Waals surface area contributed by atoms with E-state index in [1.165, 1.54) is 4.90 Å². The third-order valence-corrected chi connectivity index (χ3v) is 5.00. The van der Waals surface area contributed by atoms with Crippen LogP contribution in [0.15, 0.2) is 24.3 Å². The predicted octanol–water partition coefficient (Wildman–Crippen LogP) is 2.47. The first-order chi connectivity index (χ1) is 13.5. The summed E-state index contributed by atoms with van der Waals surface area (Å²) >= 11 is 0.794. The molecule has 29 heavy (non-hydrogen) atoms. The second kappa shape index (κ2) is 8.60. The smallest absolute Gasteiger partial charge is 0.272 e. The van der Waals surface area contributed by atoms with Gasteiger partial charge < -0.3 is 16.8 Å². The Morgan fingerprint density at radius 3 is 2.41 bits per heavy atom. The van der Waals surface area contributed by atoms with Gasteiger partial charge in [0.2, 0.25) is 5.91 Å². The molecule has 2 rings (SSSR count). The first-order valence-electron chi connectivity index (χ1n) is 9.23. The standard InChI is InChI=1S/C20H27N5O3S/c1-6-13(18(27)23-20(3,4)5)25(12-9-7-8-11(2)10-12)19(28)16-14(21)15(17(22)26)24-29-16/h7-10,13H,6,21H2,1-5H3,(H2,22,26)(H,23,27)/t13-/m0/s1. The molecule has 3 amide bonds. The number of carbonyl (C=O) groups excluding carboxylic acids is 3. The van der Waals surface area contributed by atoms with E-state index in [9.17, 15) is 14.4 Å². The van der Waals surface area contributed by atoms with Crippen LogP contribution in [0, 0.1) is 6.92 Å². The number of amides is 3. The average molecular weight is 418 g/mol. The highest BCUT2D eigenvalue weighted by Gasteiger charge is 2.34. The second-order valence-corrected chi connectivity index (χ2v) is 8.59. The fraction of sp³-hybridized carbons (Fsp3) is 0.400. The van der Waals surface area contributed by atoms with Gasteiger partial charge in [-0.25, -0.2) is 0 Å². The minimum absolute atomic E-state index is 0.0716. The lowest BCUT2D eigenvalue weighted by molar-refractivity contribution is -0.123. The van der Waals surface area contributed by atoms with Crippen molar-refractivity contribution in [2.24, 2.45) is 5.73 Å². The van der Waals surface area contributed by atoms with Crippen molar-refractivity contribution in [1.29, 1.82) is 0 Å². The van der Waals surface area contributed by atoms with Gasteiger partial charge in [0.05, 0.1) is 5.69 Å². The molecule has 8 nitrogen and oxygen atoms in total. The van der Waals surface area contributed by atoms with Gasteiger partial charge in [0.1, 0.15) is 10.9 Å². The number of aryl methyl sites for hydroxylation is 1. The number of carbonyl (C=O) groups is 3. The lowest BCUT2D eigenvalue weighted by Crippen LogP contribution is -2.54. The number of hydrogen-bond acceptors (Lipinski definition) is 6. The van der Waals surface area contributed by atoms with Crippen molar-refractivity contribution in [1.82, 2.24) is 9.69 Å². The Kier molecular flexibility index (Phi) is 6.63. The molecule has 0 aliphatic heterocycles. The Labute approximate surface area is 174 Å². The van der Waals surface area contributed by atoms with Gasteiger partial charge in [-0.05, 0) is 63.3 Å². The maximum Gasteiger partial charge on any atom is 0.272 e. The zero-order valence-corrected chi connectivity index (χ0v) is 18.1. The van der Waals surface area contributed by atoms with Crippen molar-refractivity contribution < 1.29 is 14.4 Å². The molecule has 0 aliphatic rings. The molecule has 1 atom stereocenters. The Hall–Kier alpha value is -2.94. The van der Waals surface area contributed by atoms with Crippen molar-refractivity contribution in [2.45, 2.75) is 52.6 Å². The van der Waals surface area contributed by atoms with Crippen molar-refractivity contribution in [2.75, 3.05) is 10.6 Å². The van der Waals surface area contributed by atoms with Gasteiger partial charge in [0.25, 0.3) is 11.8 Å². The number of nitrogen functional groups attached to an aromatic ring is 1. The predicted molar refractivity (Wildman–Crippen MR) is 115 cm³/mol. The van der Waals surface area contributed by atoms with Gasteiger partial charge >= 0.3 is 0 Å². The highest BCUT2D eigenvalue weighted by atomic mass is 32.1. The molecule has 0 unspecified atom stereocenters. The molecule has 0 aliphatic carbocycles. The highest BCUT2D eigenvalue weighted by molar-refractivity contribution is 7.09. The number of hydrogen-bond donors (Lipinski definition) is 3. The molecule has 5 N–H and O–H groups in total. The number of benzene rings is 1. The molecule has 2 aromatic rings. The van der Waals surface area contributed by atoms with E-state index in [-0.39, 0.29) is 22.2 Å². The van der Waals surface area contributed by atoms with E-state index < -0.39 is 23.4 Å². The zero-order chi connectivity index (χ0) is 21.9. The normalized spacial score (nSPS) is 12.3. The van der Waals surface area contributed by atoms with Gasteiger partial charge in [0, 0.05) is 11.2 Å². The van der Waals surface area contributed by atoms with Gasteiger partial charge in [0.15, 0.2) is 5.69 Å². The van der Waals surface area contributed by atoms with Crippen LogP contribution in [0.1, 0.15) is 59.8 Å². The van der Waals surface area contributed by atoms with Gasteiger partial charge in [-0.3, -0.25) is 19.3 Å². The number of aromatic nitrogens is 1. The summed E-state index contributed by atoms with van der Waals surface area (Å²) in [5.41, 5.74) is 12.1. The largest absolute Gasteiger partial charge is 0.395 e. The number of nitrogens with one attached hydrogen (secondary N) is 1. The molecule has 0 fully saturated rings. The van der Waals surface area contributed by atoms with E-state index in [0.717, 1.165) is 17.1 Å². The van der Waals surface area contributed by atoms with Gasteiger partial charge in [-0.15, -0.1) is 0 Å². The summed E-state index contributed by atoms with van der Waals surface area (Å²) in [7, 11) is 0. The van der Waals surface area contributed by atoms with Crippen molar-refractivity contribution in [3.05, 3.63) is 40.4 Å². The van der Waals surface area contributed by atoms with E-state index in [1.807, 2.05) is 52.8 Å². The van der Waals surface area contributed by atoms with Crippen LogP contribution >= 0.6 is 11.5 Å². The molecule has 0 saturated carbocycles. The van der Waals surface area contributed by atoms with Crippen molar-refractivity contribution in [3.63, 3.8) is 0 Å². The molecular weight excluding hydrogens is 390 g/mol. The summed E-state index contributed by atoms with van der Waals surface area (Å²) < 4.78 is 3.91. The number of nitrogens with zero attached hydrogens (tertiary/aromatic N) is 2. The molecule has 0 radical (unpaired) electrons. The summed E-state index contributed by atoms with van der Waals surface area (Å²) in [5.74, 6) is -1.60. The lowest BCUT2D eigenvalue weighted by atomic mass is 10.0. The van der Waals surface area contributed by atoms with Gasteiger partial charge in [-0.1, -0.05) is 19.1 Å². The maximum atomic E-state index is 13.5. The Balaban J connectivity index is 2.57. The molecule has 0 saturated heterocycles. The lowest BCUT2D eigenvalue weighted by Gasteiger charge is -2.33. The van der Waals surface area contributed by atoms with Crippen LogP contribution in [0.5, 0.6) is 0 Å². The van der Waals surface area contributed by atoms with Crippen LogP contribution in [0.4, 0.5) is 11.4 Å².